The molecule has 0 aliphatic heterocycles. The van der Waals surface area contributed by atoms with E-state index in [0.717, 1.165) is 11.3 Å². The molecule has 1 aromatic carbocycles. The molecule has 15 heavy (non-hydrogen) atoms. The van der Waals surface area contributed by atoms with E-state index in [-0.39, 0.29) is 0 Å². The molecule has 4 heteroatoms. The van der Waals surface area contributed by atoms with Crippen LogP contribution in [0.25, 0.3) is 0 Å². The van der Waals surface area contributed by atoms with Crippen molar-refractivity contribution in [2.24, 2.45) is 0 Å². The van der Waals surface area contributed by atoms with Crippen molar-refractivity contribution in [1.82, 2.24) is 0 Å². The van der Waals surface area contributed by atoms with E-state index in [4.69, 9.17) is 16.3 Å². The van der Waals surface area contributed by atoms with Crippen LogP contribution >= 0.6 is 23.4 Å². The molecule has 2 nitrogen and oxygen atoms in total. The summed E-state index contributed by atoms with van der Waals surface area (Å²) >= 11 is 7.59. The molecule has 0 fully saturated rings. The topological polar surface area (TPSA) is 29.5 Å². The van der Waals surface area contributed by atoms with Gasteiger partial charge >= 0.3 is 0 Å². The average Bonchev–Trinajstić information content (AvgIpc) is 2.25. The first-order valence-electron chi connectivity index (χ1n) is 4.69. The number of ether oxygens (including phenoxy) is 1. The highest BCUT2D eigenvalue weighted by molar-refractivity contribution is 7.98. The Hall–Kier alpha value is -0.380. The maximum Gasteiger partial charge on any atom is 0.124 e. The van der Waals surface area contributed by atoms with Crippen LogP contribution in [0, 0.1) is 0 Å². The molecule has 0 aliphatic rings. The van der Waals surface area contributed by atoms with Gasteiger partial charge in [-0.15, -0.1) is 0 Å². The van der Waals surface area contributed by atoms with Gasteiger partial charge in [-0.3, -0.25) is 0 Å². The Morgan fingerprint density at radius 1 is 1.53 bits per heavy atom. The first-order chi connectivity index (χ1) is 7.19. The van der Waals surface area contributed by atoms with Gasteiger partial charge in [0, 0.05) is 10.6 Å². The lowest BCUT2D eigenvalue weighted by Crippen LogP contribution is -2.01. The van der Waals surface area contributed by atoms with Crippen molar-refractivity contribution in [3.8, 4) is 5.75 Å². The third kappa shape index (κ3) is 3.59. The van der Waals surface area contributed by atoms with Crippen LogP contribution in [0.15, 0.2) is 18.2 Å². The Kier molecular flexibility index (Phi) is 5.29. The number of aliphatic hydroxyl groups excluding tert-OH is 1. The van der Waals surface area contributed by atoms with E-state index in [2.05, 4.69) is 0 Å². The second-order valence-corrected chi connectivity index (χ2v) is 4.61. The molecule has 0 amide bonds. The summed E-state index contributed by atoms with van der Waals surface area (Å²) < 4.78 is 5.18. The maximum atomic E-state index is 9.94. The summed E-state index contributed by atoms with van der Waals surface area (Å²) in [6.45, 7) is 0. The number of thioether (sulfide) groups is 1. The van der Waals surface area contributed by atoms with Crippen LogP contribution in [0.2, 0.25) is 5.02 Å². The van der Waals surface area contributed by atoms with Gasteiger partial charge in [-0.05, 0) is 36.6 Å². The molecule has 0 spiro atoms. The Balaban J connectivity index is 2.85. The molecule has 1 rings (SSSR count). The number of hydrogen-bond acceptors (Lipinski definition) is 3. The molecule has 1 aromatic rings. The summed E-state index contributed by atoms with van der Waals surface area (Å²) in [7, 11) is 1.59. The van der Waals surface area contributed by atoms with Gasteiger partial charge in [0.05, 0.1) is 13.2 Å². The lowest BCUT2D eigenvalue weighted by Gasteiger charge is -2.14. The Bertz CT molecular complexity index is 317. The van der Waals surface area contributed by atoms with Gasteiger partial charge in [-0.1, -0.05) is 11.6 Å². The molecule has 1 atom stereocenters. The highest BCUT2D eigenvalue weighted by Crippen LogP contribution is 2.30. The van der Waals surface area contributed by atoms with Crippen LogP contribution in [0.4, 0.5) is 0 Å². The summed E-state index contributed by atoms with van der Waals surface area (Å²) in [5.74, 6) is 1.60. The molecule has 1 N–H and O–H groups in total. The van der Waals surface area contributed by atoms with Gasteiger partial charge in [0.25, 0.3) is 0 Å². The zero-order valence-corrected chi connectivity index (χ0v) is 10.4. The molecule has 0 bridgehead atoms. The quantitative estimate of drug-likeness (QED) is 0.866. The summed E-state index contributed by atoms with van der Waals surface area (Å²) in [5, 5.41) is 10.6. The number of halogens is 1. The Labute approximate surface area is 99.6 Å². The van der Waals surface area contributed by atoms with E-state index in [0.29, 0.717) is 17.2 Å². The summed E-state index contributed by atoms with van der Waals surface area (Å²) in [4.78, 5) is 0. The molecule has 0 aliphatic carbocycles. The zero-order chi connectivity index (χ0) is 11.3. The van der Waals surface area contributed by atoms with Gasteiger partial charge in [-0.2, -0.15) is 11.8 Å². The molecular weight excluding hydrogens is 232 g/mol. The van der Waals surface area contributed by atoms with E-state index in [1.807, 2.05) is 6.26 Å². The lowest BCUT2D eigenvalue weighted by molar-refractivity contribution is 0.170. The largest absolute Gasteiger partial charge is 0.496 e. The molecule has 1 unspecified atom stereocenters. The van der Waals surface area contributed by atoms with Crippen molar-refractivity contribution in [3.05, 3.63) is 28.8 Å². The van der Waals surface area contributed by atoms with Gasteiger partial charge < -0.3 is 9.84 Å². The average molecular weight is 247 g/mol. The minimum absolute atomic E-state index is 0.508. The fourth-order valence-corrected chi connectivity index (χ4v) is 1.99. The standard InChI is InChI=1S/C11H15ClO2S/c1-14-11-4-3-8(12)7-9(11)10(13)5-6-15-2/h3-4,7,10,13H,5-6H2,1-2H3. The van der Waals surface area contributed by atoms with E-state index in [1.54, 1.807) is 37.1 Å². The molecule has 0 saturated carbocycles. The fraction of sp³-hybridized carbons (Fsp3) is 0.455. The van der Waals surface area contributed by atoms with Crippen molar-refractivity contribution < 1.29 is 9.84 Å². The highest BCUT2D eigenvalue weighted by atomic mass is 35.5. The van der Waals surface area contributed by atoms with Crippen LogP contribution in [0.1, 0.15) is 18.1 Å². The highest BCUT2D eigenvalue weighted by Gasteiger charge is 2.13. The first-order valence-corrected chi connectivity index (χ1v) is 6.46. The van der Waals surface area contributed by atoms with Crippen LogP contribution in [-0.4, -0.2) is 24.2 Å². The number of benzene rings is 1. The van der Waals surface area contributed by atoms with Crippen molar-refractivity contribution in [2.45, 2.75) is 12.5 Å². The van der Waals surface area contributed by atoms with Crippen molar-refractivity contribution in [3.63, 3.8) is 0 Å². The first kappa shape index (κ1) is 12.7. The second-order valence-electron chi connectivity index (χ2n) is 3.18. The molecule has 0 heterocycles. The van der Waals surface area contributed by atoms with Crippen molar-refractivity contribution in [2.75, 3.05) is 19.1 Å². The van der Waals surface area contributed by atoms with Crippen LogP contribution in [-0.2, 0) is 0 Å². The Morgan fingerprint density at radius 3 is 2.87 bits per heavy atom. The van der Waals surface area contributed by atoms with Crippen LogP contribution in [0.5, 0.6) is 5.75 Å². The number of rotatable bonds is 5. The lowest BCUT2D eigenvalue weighted by atomic mass is 10.1. The normalized spacial score (nSPS) is 12.5. The van der Waals surface area contributed by atoms with Gasteiger partial charge in [0.2, 0.25) is 0 Å². The van der Waals surface area contributed by atoms with Crippen molar-refractivity contribution in [1.29, 1.82) is 0 Å². The van der Waals surface area contributed by atoms with E-state index >= 15 is 0 Å². The maximum absolute atomic E-state index is 9.94. The Morgan fingerprint density at radius 2 is 2.27 bits per heavy atom. The summed E-state index contributed by atoms with van der Waals surface area (Å²) in [6.07, 6.45) is 2.21. The molecule has 0 radical (unpaired) electrons. The summed E-state index contributed by atoms with van der Waals surface area (Å²) in [6, 6.07) is 5.29. The number of hydrogen-bond donors (Lipinski definition) is 1. The SMILES string of the molecule is COc1ccc(Cl)cc1C(O)CCSC. The third-order valence-corrected chi connectivity index (χ3v) is 3.03. The van der Waals surface area contributed by atoms with Gasteiger partial charge in [0.1, 0.15) is 5.75 Å². The third-order valence-electron chi connectivity index (χ3n) is 2.15. The van der Waals surface area contributed by atoms with Crippen LogP contribution in [0.3, 0.4) is 0 Å². The molecule has 0 aromatic heterocycles. The number of methoxy groups -OCH3 is 1. The minimum atomic E-state index is -0.508. The molecule has 0 saturated heterocycles. The zero-order valence-electron chi connectivity index (χ0n) is 8.87. The smallest absolute Gasteiger partial charge is 0.124 e. The second kappa shape index (κ2) is 6.26. The van der Waals surface area contributed by atoms with E-state index in [1.165, 1.54) is 0 Å². The summed E-state index contributed by atoms with van der Waals surface area (Å²) in [5.41, 5.74) is 0.763. The van der Waals surface area contributed by atoms with Crippen LogP contribution < -0.4 is 4.74 Å². The van der Waals surface area contributed by atoms with Gasteiger partial charge in [0.15, 0.2) is 0 Å². The molecule has 84 valence electrons. The number of aliphatic hydroxyl groups is 1. The minimum Gasteiger partial charge on any atom is -0.496 e. The predicted octanol–water partition coefficient (Wildman–Crippen LogP) is 3.14. The molecular formula is C11H15ClO2S. The van der Waals surface area contributed by atoms with Gasteiger partial charge in [-0.25, -0.2) is 0 Å². The van der Waals surface area contributed by atoms with E-state index < -0.39 is 6.10 Å². The fourth-order valence-electron chi connectivity index (χ4n) is 1.35. The van der Waals surface area contributed by atoms with E-state index in [9.17, 15) is 5.11 Å². The monoisotopic (exact) mass is 246 g/mol. The van der Waals surface area contributed by atoms with Crippen molar-refractivity contribution >= 4 is 23.4 Å². The predicted molar refractivity (Wildman–Crippen MR) is 66.0 cm³/mol.